The Labute approximate surface area is 141 Å². The first kappa shape index (κ1) is 17.8. The summed E-state index contributed by atoms with van der Waals surface area (Å²) < 4.78 is 0. The molecule has 1 aliphatic heterocycles. The number of amides is 2. The Kier molecular flexibility index (Phi) is 6.02. The van der Waals surface area contributed by atoms with E-state index in [2.05, 4.69) is 5.32 Å². The Morgan fingerprint density at radius 1 is 1.52 bits per heavy atom. The highest BCUT2D eigenvalue weighted by atomic mass is 35.5. The van der Waals surface area contributed by atoms with Crippen molar-refractivity contribution in [3.8, 4) is 0 Å². The van der Waals surface area contributed by atoms with E-state index in [4.69, 9.17) is 11.6 Å². The van der Waals surface area contributed by atoms with Gasteiger partial charge in [-0.3, -0.25) is 9.59 Å². The molecule has 5 nitrogen and oxygen atoms in total. The van der Waals surface area contributed by atoms with Gasteiger partial charge in [0.05, 0.1) is 18.6 Å². The molecule has 1 fully saturated rings. The lowest BCUT2D eigenvalue weighted by Gasteiger charge is -2.24. The van der Waals surface area contributed by atoms with Gasteiger partial charge in [-0.05, 0) is 24.1 Å². The van der Waals surface area contributed by atoms with Crippen LogP contribution in [0, 0.1) is 11.8 Å². The number of hydrogen-bond acceptors (Lipinski definition) is 3. The summed E-state index contributed by atoms with van der Waals surface area (Å²) in [5.41, 5.74) is 0.707. The van der Waals surface area contributed by atoms with E-state index in [1.807, 2.05) is 13.8 Å². The molecule has 1 aromatic carbocycles. The second-order valence-corrected chi connectivity index (χ2v) is 6.50. The highest BCUT2D eigenvalue weighted by molar-refractivity contribution is 6.30. The average Bonchev–Trinajstić information content (AvgIpc) is 2.93. The molecule has 6 heteroatoms. The first-order valence-corrected chi connectivity index (χ1v) is 8.31. The number of anilines is 1. The Hall–Kier alpha value is -1.59. The van der Waals surface area contributed by atoms with Crippen LogP contribution in [0.2, 0.25) is 5.02 Å². The molecule has 1 aromatic rings. The van der Waals surface area contributed by atoms with Crippen molar-refractivity contribution in [2.45, 2.75) is 32.7 Å². The first-order chi connectivity index (χ1) is 11.0. The third kappa shape index (κ3) is 4.24. The smallest absolute Gasteiger partial charge is 0.227 e. The summed E-state index contributed by atoms with van der Waals surface area (Å²) >= 11 is 5.96. The van der Waals surface area contributed by atoms with Crippen molar-refractivity contribution < 1.29 is 14.7 Å². The van der Waals surface area contributed by atoms with Gasteiger partial charge < -0.3 is 15.3 Å². The molecule has 0 aliphatic carbocycles. The summed E-state index contributed by atoms with van der Waals surface area (Å²) in [6, 6.07) is 6.77. The molecule has 2 amide bonds. The van der Waals surface area contributed by atoms with Gasteiger partial charge in [-0.25, -0.2) is 0 Å². The third-order valence-corrected chi connectivity index (χ3v) is 4.71. The van der Waals surface area contributed by atoms with Crippen LogP contribution in [0.4, 0.5) is 5.69 Å². The molecular weight excluding hydrogens is 316 g/mol. The van der Waals surface area contributed by atoms with E-state index >= 15 is 0 Å². The molecule has 23 heavy (non-hydrogen) atoms. The first-order valence-electron chi connectivity index (χ1n) is 7.93. The number of nitrogens with zero attached hydrogens (tertiary/aromatic N) is 1. The van der Waals surface area contributed by atoms with E-state index in [9.17, 15) is 14.7 Å². The summed E-state index contributed by atoms with van der Waals surface area (Å²) in [5, 5.41) is 12.9. The topological polar surface area (TPSA) is 69.6 Å². The Balaban J connectivity index is 2.03. The minimum atomic E-state index is -0.403. The molecule has 0 aromatic heterocycles. The van der Waals surface area contributed by atoms with Crippen LogP contribution >= 0.6 is 11.6 Å². The molecule has 0 bridgehead atoms. The summed E-state index contributed by atoms with van der Waals surface area (Å²) in [6.07, 6.45) is 1.04. The minimum Gasteiger partial charge on any atom is -0.394 e. The van der Waals surface area contributed by atoms with Crippen LogP contribution < -0.4 is 10.2 Å². The van der Waals surface area contributed by atoms with Crippen molar-refractivity contribution in [2.24, 2.45) is 11.8 Å². The van der Waals surface area contributed by atoms with Gasteiger partial charge in [0.1, 0.15) is 0 Å². The zero-order valence-corrected chi connectivity index (χ0v) is 14.2. The number of aliphatic hydroxyl groups excluding tert-OH is 1. The molecule has 1 saturated heterocycles. The van der Waals surface area contributed by atoms with Crippen molar-refractivity contribution in [1.82, 2.24) is 5.32 Å². The molecule has 1 aliphatic rings. The maximum Gasteiger partial charge on any atom is 0.227 e. The number of aliphatic hydroxyl groups is 1. The summed E-state index contributed by atoms with van der Waals surface area (Å²) in [4.78, 5) is 26.2. The molecule has 0 spiro atoms. The van der Waals surface area contributed by atoms with Gasteiger partial charge in [-0.1, -0.05) is 37.9 Å². The minimum absolute atomic E-state index is 0.0866. The summed E-state index contributed by atoms with van der Waals surface area (Å²) in [6.45, 7) is 4.24. The van der Waals surface area contributed by atoms with Crippen LogP contribution in [0.1, 0.15) is 26.7 Å². The van der Waals surface area contributed by atoms with Gasteiger partial charge >= 0.3 is 0 Å². The van der Waals surface area contributed by atoms with E-state index in [0.717, 1.165) is 6.42 Å². The molecular formula is C17H23ClN2O3. The van der Waals surface area contributed by atoms with E-state index in [0.29, 0.717) is 17.3 Å². The van der Waals surface area contributed by atoms with Gasteiger partial charge in [0, 0.05) is 23.7 Å². The lowest BCUT2D eigenvalue weighted by Crippen LogP contribution is -2.45. The van der Waals surface area contributed by atoms with Crippen molar-refractivity contribution in [2.75, 3.05) is 18.1 Å². The second kappa shape index (κ2) is 7.79. The molecule has 2 N–H and O–H groups in total. The van der Waals surface area contributed by atoms with E-state index < -0.39 is 5.92 Å². The van der Waals surface area contributed by atoms with Crippen LogP contribution in [0.25, 0.3) is 0 Å². The molecule has 1 heterocycles. The zero-order chi connectivity index (χ0) is 17.0. The predicted molar refractivity (Wildman–Crippen MR) is 90.4 cm³/mol. The average molecular weight is 339 g/mol. The maximum absolute atomic E-state index is 12.4. The number of benzene rings is 1. The fourth-order valence-electron chi connectivity index (χ4n) is 2.73. The lowest BCUT2D eigenvalue weighted by atomic mass is 9.98. The van der Waals surface area contributed by atoms with Crippen LogP contribution in [0.3, 0.4) is 0 Å². The van der Waals surface area contributed by atoms with Crippen molar-refractivity contribution in [1.29, 1.82) is 0 Å². The number of carbonyl (C=O) groups is 2. The molecule has 2 rings (SSSR count). The monoisotopic (exact) mass is 338 g/mol. The Morgan fingerprint density at radius 3 is 2.87 bits per heavy atom. The van der Waals surface area contributed by atoms with Gasteiger partial charge in [0.25, 0.3) is 0 Å². The van der Waals surface area contributed by atoms with Gasteiger partial charge in [-0.2, -0.15) is 0 Å². The third-order valence-electron chi connectivity index (χ3n) is 4.47. The molecule has 0 saturated carbocycles. The largest absolute Gasteiger partial charge is 0.394 e. The van der Waals surface area contributed by atoms with E-state index in [1.165, 1.54) is 0 Å². The fourth-order valence-corrected chi connectivity index (χ4v) is 2.91. The predicted octanol–water partition coefficient (Wildman–Crippen LogP) is 2.22. The number of nitrogens with one attached hydrogen (secondary N) is 1. The standard InChI is InChI=1S/C17H23ClN2O3/c1-3-11(2)15(10-21)19-17(23)12-7-16(22)20(9-12)14-6-4-5-13(18)8-14/h4-6,8,11-12,15,21H,3,7,9-10H2,1-2H3,(H,19,23)/t11-,12-,15-/m0/s1. The maximum atomic E-state index is 12.4. The summed E-state index contributed by atoms with van der Waals surface area (Å²) in [7, 11) is 0. The highest BCUT2D eigenvalue weighted by Crippen LogP contribution is 2.27. The van der Waals surface area contributed by atoms with E-state index in [1.54, 1.807) is 29.2 Å². The number of rotatable bonds is 6. The Bertz CT molecular complexity index is 579. The highest BCUT2D eigenvalue weighted by Gasteiger charge is 2.36. The molecule has 3 atom stereocenters. The number of hydrogen-bond donors (Lipinski definition) is 2. The number of carbonyl (C=O) groups excluding carboxylic acids is 2. The van der Waals surface area contributed by atoms with Crippen LogP contribution in [-0.4, -0.2) is 36.1 Å². The SMILES string of the molecule is CC[C@H](C)[C@H](CO)NC(=O)[C@H]1CC(=O)N(c2cccc(Cl)c2)C1. The quantitative estimate of drug-likeness (QED) is 0.835. The van der Waals surface area contributed by atoms with Crippen LogP contribution in [0.5, 0.6) is 0 Å². The zero-order valence-electron chi connectivity index (χ0n) is 13.5. The molecule has 0 unspecified atom stereocenters. The Morgan fingerprint density at radius 2 is 2.26 bits per heavy atom. The van der Waals surface area contributed by atoms with Crippen molar-refractivity contribution >= 4 is 29.1 Å². The molecule has 126 valence electrons. The van der Waals surface area contributed by atoms with Crippen molar-refractivity contribution in [3.05, 3.63) is 29.3 Å². The van der Waals surface area contributed by atoms with Crippen molar-refractivity contribution in [3.63, 3.8) is 0 Å². The molecule has 0 radical (unpaired) electrons. The van der Waals surface area contributed by atoms with Crippen LogP contribution in [0.15, 0.2) is 24.3 Å². The second-order valence-electron chi connectivity index (χ2n) is 6.07. The van der Waals surface area contributed by atoms with Crippen LogP contribution in [-0.2, 0) is 9.59 Å². The number of halogens is 1. The van der Waals surface area contributed by atoms with Gasteiger partial charge in [0.2, 0.25) is 11.8 Å². The van der Waals surface area contributed by atoms with E-state index in [-0.39, 0.29) is 36.8 Å². The van der Waals surface area contributed by atoms with Gasteiger partial charge in [-0.15, -0.1) is 0 Å². The summed E-state index contributed by atoms with van der Waals surface area (Å²) in [5.74, 6) is -0.483. The lowest BCUT2D eigenvalue weighted by molar-refractivity contribution is -0.127. The van der Waals surface area contributed by atoms with Gasteiger partial charge in [0.15, 0.2) is 0 Å². The normalized spacial score (nSPS) is 20.4. The fraction of sp³-hybridized carbons (Fsp3) is 0.529.